The second kappa shape index (κ2) is 9.94. The lowest BCUT2D eigenvalue weighted by Gasteiger charge is -2.32. The lowest BCUT2D eigenvalue weighted by atomic mass is 9.99. The number of carbonyl (C=O) groups is 2. The van der Waals surface area contributed by atoms with E-state index in [4.69, 9.17) is 0 Å². The average molecular weight is 386 g/mol. The summed E-state index contributed by atoms with van der Waals surface area (Å²) < 4.78 is 0. The summed E-state index contributed by atoms with van der Waals surface area (Å²) in [4.78, 5) is 28.7. The van der Waals surface area contributed by atoms with Crippen molar-refractivity contribution >= 4 is 23.2 Å². The van der Waals surface area contributed by atoms with Gasteiger partial charge in [0, 0.05) is 37.4 Å². The molecule has 0 radical (unpaired) electrons. The van der Waals surface area contributed by atoms with Gasteiger partial charge in [-0.1, -0.05) is 32.6 Å². The minimum absolute atomic E-state index is 0.0591. The number of amides is 2. The normalized spacial score (nSPS) is 19.1. The van der Waals surface area contributed by atoms with Crippen LogP contribution in [-0.4, -0.2) is 37.5 Å². The number of hydrogen-bond donors (Lipinski definition) is 1. The van der Waals surface area contributed by atoms with Gasteiger partial charge >= 0.3 is 0 Å². The number of nitrogens with zero attached hydrogens (tertiary/aromatic N) is 2. The van der Waals surface area contributed by atoms with Crippen molar-refractivity contribution in [1.82, 2.24) is 5.32 Å². The van der Waals surface area contributed by atoms with Crippen molar-refractivity contribution in [3.05, 3.63) is 24.3 Å². The Morgan fingerprint density at radius 1 is 1.00 bits per heavy atom. The fourth-order valence-corrected chi connectivity index (χ4v) is 4.34. The van der Waals surface area contributed by atoms with E-state index in [9.17, 15) is 9.59 Å². The van der Waals surface area contributed by atoms with Crippen molar-refractivity contribution in [3.63, 3.8) is 0 Å². The Morgan fingerprint density at radius 3 is 2.18 bits per heavy atom. The van der Waals surface area contributed by atoms with Gasteiger partial charge in [0.1, 0.15) is 6.54 Å². The first-order chi connectivity index (χ1) is 13.5. The Balaban J connectivity index is 1.59. The fourth-order valence-electron chi connectivity index (χ4n) is 4.34. The molecule has 1 saturated carbocycles. The molecule has 5 nitrogen and oxygen atoms in total. The van der Waals surface area contributed by atoms with E-state index in [1.807, 2.05) is 12.1 Å². The molecule has 0 unspecified atom stereocenters. The maximum absolute atomic E-state index is 12.5. The van der Waals surface area contributed by atoms with Crippen LogP contribution in [-0.2, 0) is 9.59 Å². The molecule has 1 aromatic carbocycles. The van der Waals surface area contributed by atoms with Gasteiger partial charge in [0.05, 0.1) is 0 Å². The van der Waals surface area contributed by atoms with E-state index in [1.54, 1.807) is 4.90 Å². The van der Waals surface area contributed by atoms with Crippen LogP contribution in [0, 0.1) is 5.92 Å². The van der Waals surface area contributed by atoms with Crippen LogP contribution in [0.3, 0.4) is 0 Å². The van der Waals surface area contributed by atoms with E-state index < -0.39 is 0 Å². The van der Waals surface area contributed by atoms with Crippen LogP contribution in [0.5, 0.6) is 0 Å². The van der Waals surface area contributed by atoms with Crippen molar-refractivity contribution in [2.45, 2.75) is 71.3 Å². The van der Waals surface area contributed by atoms with E-state index >= 15 is 0 Å². The summed E-state index contributed by atoms with van der Waals surface area (Å²) in [5.41, 5.74) is 1.99. The molecule has 0 atom stereocenters. The Kier molecular flexibility index (Phi) is 7.35. The van der Waals surface area contributed by atoms with Gasteiger partial charge in [-0.2, -0.15) is 0 Å². The Hall–Kier alpha value is -2.04. The van der Waals surface area contributed by atoms with Gasteiger partial charge in [0.25, 0.3) is 0 Å². The molecule has 0 spiro atoms. The predicted molar refractivity (Wildman–Crippen MR) is 115 cm³/mol. The number of piperidine rings is 1. The molecule has 1 aromatic rings. The molecule has 1 saturated heterocycles. The Morgan fingerprint density at radius 2 is 1.61 bits per heavy atom. The van der Waals surface area contributed by atoms with Crippen molar-refractivity contribution < 1.29 is 9.59 Å². The lowest BCUT2D eigenvalue weighted by molar-refractivity contribution is -0.123. The summed E-state index contributed by atoms with van der Waals surface area (Å²) in [6, 6.07) is 8.34. The van der Waals surface area contributed by atoms with Gasteiger partial charge in [0.2, 0.25) is 11.8 Å². The molecule has 1 N–H and O–H groups in total. The third-order valence-electron chi connectivity index (χ3n) is 6.21. The molecule has 28 heavy (non-hydrogen) atoms. The number of benzene rings is 1. The quantitative estimate of drug-likeness (QED) is 0.776. The second-order valence-corrected chi connectivity index (χ2v) is 8.55. The second-order valence-electron chi connectivity index (χ2n) is 8.55. The predicted octanol–water partition coefficient (Wildman–Crippen LogP) is 4.11. The van der Waals surface area contributed by atoms with Crippen LogP contribution in [0.2, 0.25) is 0 Å². The fraction of sp³-hybridized carbons (Fsp3) is 0.652. The number of rotatable bonds is 5. The van der Waals surface area contributed by atoms with E-state index in [2.05, 4.69) is 29.3 Å². The van der Waals surface area contributed by atoms with Gasteiger partial charge < -0.3 is 15.1 Å². The molecule has 1 aliphatic heterocycles. The lowest BCUT2D eigenvalue weighted by Crippen LogP contribution is -2.43. The minimum Gasteiger partial charge on any atom is -0.372 e. The molecule has 154 valence electrons. The molecule has 5 heteroatoms. The summed E-state index contributed by atoms with van der Waals surface area (Å²) >= 11 is 0. The maximum Gasteiger partial charge on any atom is 0.240 e. The number of hydrogen-bond acceptors (Lipinski definition) is 3. The number of nitrogens with one attached hydrogen (secondary N) is 1. The summed E-state index contributed by atoms with van der Waals surface area (Å²) in [6.45, 7) is 6.10. The van der Waals surface area contributed by atoms with Gasteiger partial charge in [0.15, 0.2) is 0 Å². The van der Waals surface area contributed by atoms with Crippen molar-refractivity contribution in [2.24, 2.45) is 5.92 Å². The zero-order valence-corrected chi connectivity index (χ0v) is 17.5. The van der Waals surface area contributed by atoms with Crippen LogP contribution >= 0.6 is 0 Å². The Bertz CT molecular complexity index is 642. The molecule has 0 aromatic heterocycles. The van der Waals surface area contributed by atoms with Crippen LogP contribution in [0.15, 0.2) is 24.3 Å². The van der Waals surface area contributed by atoms with Crippen molar-refractivity contribution in [3.8, 4) is 0 Å². The largest absolute Gasteiger partial charge is 0.372 e. The molecule has 2 amide bonds. The molecule has 2 aliphatic rings. The molecule has 1 aliphatic carbocycles. The molecule has 3 rings (SSSR count). The summed E-state index contributed by atoms with van der Waals surface area (Å²) in [7, 11) is 0. The van der Waals surface area contributed by atoms with Gasteiger partial charge in [-0.15, -0.1) is 0 Å². The third kappa shape index (κ3) is 5.73. The SMILES string of the molecule is CC(=O)N(CC(=O)NC1CCCCCC1)c1ccc(N2CCC(C)CC2)cc1. The number of anilines is 2. The van der Waals surface area contributed by atoms with Crippen LogP contribution in [0.25, 0.3) is 0 Å². The van der Waals surface area contributed by atoms with E-state index in [1.165, 1.54) is 51.1 Å². The first kappa shape index (κ1) is 20.7. The highest BCUT2D eigenvalue weighted by molar-refractivity contribution is 5.97. The highest BCUT2D eigenvalue weighted by Gasteiger charge is 2.20. The van der Waals surface area contributed by atoms with E-state index in [0.29, 0.717) is 0 Å². The van der Waals surface area contributed by atoms with Gasteiger partial charge in [-0.3, -0.25) is 9.59 Å². The highest BCUT2D eigenvalue weighted by atomic mass is 16.2. The Labute approximate surface area is 169 Å². The molecular weight excluding hydrogens is 350 g/mol. The van der Waals surface area contributed by atoms with Crippen molar-refractivity contribution in [1.29, 1.82) is 0 Å². The highest BCUT2D eigenvalue weighted by Crippen LogP contribution is 2.25. The molecule has 0 bridgehead atoms. The van der Waals surface area contributed by atoms with E-state index in [-0.39, 0.29) is 24.4 Å². The molecule has 2 fully saturated rings. The molecule has 1 heterocycles. The van der Waals surface area contributed by atoms with Gasteiger partial charge in [-0.05, 0) is 55.9 Å². The van der Waals surface area contributed by atoms with Crippen molar-refractivity contribution in [2.75, 3.05) is 29.4 Å². The van der Waals surface area contributed by atoms with E-state index in [0.717, 1.165) is 37.5 Å². The topological polar surface area (TPSA) is 52.7 Å². The summed E-state index contributed by atoms with van der Waals surface area (Å²) in [5.74, 6) is 0.641. The minimum atomic E-state index is -0.101. The van der Waals surface area contributed by atoms with Crippen LogP contribution in [0.1, 0.15) is 65.2 Å². The zero-order valence-electron chi connectivity index (χ0n) is 17.5. The number of carbonyl (C=O) groups excluding carboxylic acids is 2. The first-order valence-electron chi connectivity index (χ1n) is 11.0. The maximum atomic E-state index is 12.5. The average Bonchev–Trinajstić information content (AvgIpc) is 2.95. The third-order valence-corrected chi connectivity index (χ3v) is 6.21. The summed E-state index contributed by atoms with van der Waals surface area (Å²) in [5, 5.41) is 3.14. The van der Waals surface area contributed by atoms with Crippen LogP contribution in [0.4, 0.5) is 11.4 Å². The monoisotopic (exact) mass is 385 g/mol. The smallest absolute Gasteiger partial charge is 0.240 e. The zero-order chi connectivity index (χ0) is 19.9. The first-order valence-corrected chi connectivity index (χ1v) is 11.0. The van der Waals surface area contributed by atoms with Gasteiger partial charge in [-0.25, -0.2) is 0 Å². The standard InChI is InChI=1S/C23H35N3O2/c1-18-13-15-25(16-14-18)21-9-11-22(12-10-21)26(19(2)27)17-23(28)24-20-7-5-3-4-6-8-20/h9-12,18,20H,3-8,13-17H2,1-2H3,(H,24,28). The summed E-state index contributed by atoms with van der Waals surface area (Å²) in [6.07, 6.45) is 9.42. The molecular formula is C23H35N3O2. The van der Waals surface area contributed by atoms with Crippen LogP contribution < -0.4 is 15.1 Å².